The number of nitrogens with zero attached hydrogens (tertiary/aromatic N) is 2. The van der Waals surface area contributed by atoms with Crippen LogP contribution in [0.15, 0.2) is 42.5 Å². The Morgan fingerprint density at radius 3 is 2.39 bits per heavy atom. The van der Waals surface area contributed by atoms with E-state index in [1.165, 1.54) is 16.1 Å². The Balaban J connectivity index is 1.46. The lowest BCUT2D eigenvalue weighted by Crippen LogP contribution is -2.35. The van der Waals surface area contributed by atoms with Crippen LogP contribution >= 0.6 is 0 Å². The molecule has 0 spiro atoms. The van der Waals surface area contributed by atoms with Gasteiger partial charge in [0.1, 0.15) is 0 Å². The van der Waals surface area contributed by atoms with Gasteiger partial charge in [0.25, 0.3) is 0 Å². The maximum atomic E-state index is 12.4. The van der Waals surface area contributed by atoms with Gasteiger partial charge >= 0.3 is 0 Å². The Morgan fingerprint density at radius 2 is 1.73 bits per heavy atom. The SMILES string of the molecule is Cc1ccc(C)c(N(CCCC(=O)NCc2ccc(CN3CCOCC3)cc2)S(C)(=O)=O)c1. The summed E-state index contributed by atoms with van der Waals surface area (Å²) < 4.78 is 31.5. The number of hydrogen-bond acceptors (Lipinski definition) is 5. The van der Waals surface area contributed by atoms with Crippen LogP contribution in [0.1, 0.15) is 35.1 Å². The number of carbonyl (C=O) groups is 1. The first kappa shape index (κ1) is 25.2. The van der Waals surface area contributed by atoms with Crippen LogP contribution in [0.3, 0.4) is 0 Å². The molecule has 0 radical (unpaired) electrons. The van der Waals surface area contributed by atoms with Gasteiger partial charge in [-0.2, -0.15) is 0 Å². The van der Waals surface area contributed by atoms with Crippen molar-refractivity contribution in [1.29, 1.82) is 0 Å². The zero-order valence-electron chi connectivity index (χ0n) is 19.8. The third-order valence-corrected chi connectivity index (χ3v) is 7.00. The number of anilines is 1. The number of ether oxygens (including phenoxy) is 1. The van der Waals surface area contributed by atoms with Crippen molar-refractivity contribution in [3.8, 4) is 0 Å². The summed E-state index contributed by atoms with van der Waals surface area (Å²) in [5.74, 6) is -0.0817. The summed E-state index contributed by atoms with van der Waals surface area (Å²) in [6.07, 6.45) is 1.92. The second-order valence-electron chi connectivity index (χ2n) is 8.71. The number of benzene rings is 2. The summed E-state index contributed by atoms with van der Waals surface area (Å²) in [4.78, 5) is 14.7. The molecular formula is C25H35N3O4S. The maximum Gasteiger partial charge on any atom is 0.232 e. The van der Waals surface area contributed by atoms with E-state index in [0.29, 0.717) is 18.7 Å². The van der Waals surface area contributed by atoms with Crippen LogP contribution in [0.25, 0.3) is 0 Å². The molecule has 2 aromatic carbocycles. The standard InChI is InChI=1S/C25H35N3O4S/c1-20-6-7-21(2)24(17-20)28(33(3,30)31)12-4-5-25(29)26-18-22-8-10-23(11-9-22)19-27-13-15-32-16-14-27/h6-11,17H,4-5,12-16,18-19H2,1-3H3,(H,26,29). The third-order valence-electron chi connectivity index (χ3n) is 5.82. The molecule has 0 saturated carbocycles. The van der Waals surface area contributed by atoms with Gasteiger partial charge in [0.05, 0.1) is 25.2 Å². The molecule has 0 aliphatic carbocycles. The molecule has 0 bridgehead atoms. The van der Waals surface area contributed by atoms with Gasteiger partial charge in [0, 0.05) is 39.1 Å². The second-order valence-corrected chi connectivity index (χ2v) is 10.6. The first-order valence-corrected chi connectivity index (χ1v) is 13.3. The molecule has 8 heteroatoms. The highest BCUT2D eigenvalue weighted by Gasteiger charge is 2.19. The van der Waals surface area contributed by atoms with Crippen molar-refractivity contribution in [2.45, 2.75) is 39.8 Å². The van der Waals surface area contributed by atoms with Crippen molar-refractivity contribution in [2.24, 2.45) is 0 Å². The zero-order valence-corrected chi connectivity index (χ0v) is 20.7. The van der Waals surface area contributed by atoms with Crippen molar-refractivity contribution in [2.75, 3.05) is 43.4 Å². The minimum Gasteiger partial charge on any atom is -0.379 e. The molecule has 0 atom stereocenters. The Hall–Kier alpha value is -2.42. The Kier molecular flexibility index (Phi) is 8.88. The summed E-state index contributed by atoms with van der Waals surface area (Å²) in [6.45, 7) is 8.96. The van der Waals surface area contributed by atoms with Gasteiger partial charge in [-0.25, -0.2) is 8.42 Å². The molecule has 1 fully saturated rings. The predicted molar refractivity (Wildman–Crippen MR) is 132 cm³/mol. The van der Waals surface area contributed by atoms with Gasteiger partial charge < -0.3 is 10.1 Å². The van der Waals surface area contributed by atoms with Gasteiger partial charge in [0.15, 0.2) is 0 Å². The van der Waals surface area contributed by atoms with E-state index in [9.17, 15) is 13.2 Å². The molecule has 1 saturated heterocycles. The van der Waals surface area contributed by atoms with E-state index in [4.69, 9.17) is 4.74 Å². The van der Waals surface area contributed by atoms with Crippen molar-refractivity contribution >= 4 is 21.6 Å². The highest BCUT2D eigenvalue weighted by Crippen LogP contribution is 2.24. The zero-order chi connectivity index (χ0) is 23.8. The normalized spacial score (nSPS) is 14.8. The van der Waals surface area contributed by atoms with Crippen LogP contribution in [-0.2, 0) is 32.6 Å². The average Bonchev–Trinajstić information content (AvgIpc) is 2.78. The Bertz CT molecular complexity index is 1030. The van der Waals surface area contributed by atoms with Crippen LogP contribution in [0.2, 0.25) is 0 Å². The minimum absolute atomic E-state index is 0.0817. The van der Waals surface area contributed by atoms with E-state index in [0.717, 1.165) is 49.5 Å². The van der Waals surface area contributed by atoms with E-state index >= 15 is 0 Å². The minimum atomic E-state index is -3.43. The number of amides is 1. The van der Waals surface area contributed by atoms with Crippen LogP contribution in [-0.4, -0.2) is 58.3 Å². The highest BCUT2D eigenvalue weighted by atomic mass is 32.2. The van der Waals surface area contributed by atoms with Crippen LogP contribution in [0.4, 0.5) is 5.69 Å². The lowest BCUT2D eigenvalue weighted by atomic mass is 10.1. The van der Waals surface area contributed by atoms with Crippen LogP contribution in [0.5, 0.6) is 0 Å². The third kappa shape index (κ3) is 7.84. The van der Waals surface area contributed by atoms with Gasteiger partial charge in [-0.05, 0) is 48.6 Å². The molecular weight excluding hydrogens is 438 g/mol. The monoisotopic (exact) mass is 473 g/mol. The van der Waals surface area contributed by atoms with Crippen molar-refractivity contribution in [3.05, 3.63) is 64.7 Å². The topological polar surface area (TPSA) is 79.0 Å². The average molecular weight is 474 g/mol. The molecule has 33 heavy (non-hydrogen) atoms. The number of carbonyl (C=O) groups excluding carboxylic acids is 1. The highest BCUT2D eigenvalue weighted by molar-refractivity contribution is 7.92. The van der Waals surface area contributed by atoms with Gasteiger partial charge in [-0.1, -0.05) is 36.4 Å². The summed E-state index contributed by atoms with van der Waals surface area (Å²) in [6, 6.07) is 14.0. The van der Waals surface area contributed by atoms with Gasteiger partial charge in [0.2, 0.25) is 15.9 Å². The first-order valence-electron chi connectivity index (χ1n) is 11.4. The van der Waals surface area contributed by atoms with Crippen molar-refractivity contribution in [3.63, 3.8) is 0 Å². The summed E-state index contributed by atoms with van der Waals surface area (Å²) >= 11 is 0. The Labute approximate surface area is 197 Å². The molecule has 1 amide bonds. The van der Waals surface area contributed by atoms with Gasteiger partial charge in [-0.15, -0.1) is 0 Å². The molecule has 1 aliphatic rings. The quantitative estimate of drug-likeness (QED) is 0.574. The largest absolute Gasteiger partial charge is 0.379 e. The Morgan fingerprint density at radius 1 is 1.06 bits per heavy atom. The number of sulfonamides is 1. The van der Waals surface area contributed by atoms with E-state index in [1.54, 1.807) is 0 Å². The number of aryl methyl sites for hydroxylation is 2. The summed E-state index contributed by atoms with van der Waals surface area (Å²) in [5, 5.41) is 2.94. The number of hydrogen-bond donors (Lipinski definition) is 1. The second kappa shape index (κ2) is 11.6. The fourth-order valence-corrected chi connectivity index (χ4v) is 4.92. The smallest absolute Gasteiger partial charge is 0.232 e. The van der Waals surface area contributed by atoms with E-state index in [2.05, 4.69) is 22.3 Å². The van der Waals surface area contributed by atoms with Gasteiger partial charge in [-0.3, -0.25) is 14.0 Å². The number of nitrogens with one attached hydrogen (secondary N) is 1. The molecule has 2 aromatic rings. The molecule has 1 heterocycles. The van der Waals surface area contributed by atoms with E-state index in [-0.39, 0.29) is 18.9 Å². The molecule has 3 rings (SSSR count). The van der Waals surface area contributed by atoms with Crippen LogP contribution in [0, 0.1) is 13.8 Å². The maximum absolute atomic E-state index is 12.4. The van der Waals surface area contributed by atoms with Crippen molar-refractivity contribution < 1.29 is 17.9 Å². The fraction of sp³-hybridized carbons (Fsp3) is 0.480. The summed E-state index contributed by atoms with van der Waals surface area (Å²) in [5.41, 5.74) is 4.86. The lowest BCUT2D eigenvalue weighted by molar-refractivity contribution is -0.121. The predicted octanol–water partition coefficient (Wildman–Crippen LogP) is 3.00. The van der Waals surface area contributed by atoms with E-state index in [1.807, 2.05) is 44.2 Å². The summed E-state index contributed by atoms with van der Waals surface area (Å²) in [7, 11) is -3.43. The fourth-order valence-electron chi connectivity index (χ4n) is 3.91. The first-order chi connectivity index (χ1) is 15.7. The number of morpholine rings is 1. The molecule has 7 nitrogen and oxygen atoms in total. The number of rotatable bonds is 10. The molecule has 1 N–H and O–H groups in total. The van der Waals surface area contributed by atoms with E-state index < -0.39 is 10.0 Å². The molecule has 0 unspecified atom stereocenters. The molecule has 180 valence electrons. The van der Waals surface area contributed by atoms with Crippen LogP contribution < -0.4 is 9.62 Å². The molecule has 0 aromatic heterocycles. The lowest BCUT2D eigenvalue weighted by Gasteiger charge is -2.26. The van der Waals surface area contributed by atoms with Crippen molar-refractivity contribution in [1.82, 2.24) is 10.2 Å². The molecule has 1 aliphatic heterocycles.